The number of methoxy groups -OCH3 is 1. The maximum Gasteiger partial charge on any atom is 0.285 e. The molecular weight excluding hydrogens is 326 g/mol. The largest absolute Gasteiger partial charge is 0.497 e. The van der Waals surface area contributed by atoms with Crippen LogP contribution in [0.5, 0.6) is 11.5 Å². The van der Waals surface area contributed by atoms with Gasteiger partial charge in [0, 0.05) is 0 Å². The van der Waals surface area contributed by atoms with Crippen LogP contribution in [0.15, 0.2) is 48.5 Å². The van der Waals surface area contributed by atoms with E-state index < -0.39 is 17.9 Å². The number of hydroxylamine groups is 2. The molecule has 2 aromatic rings. The number of carbonyl (C=O) groups is 2. The number of hydrogen-bond acceptors (Lipinski definition) is 6. The molecule has 0 aromatic heterocycles. The molecule has 0 saturated heterocycles. The maximum absolute atomic E-state index is 12.1. The molecule has 1 heterocycles. The number of aliphatic hydroxyl groups is 1. The zero-order valence-corrected chi connectivity index (χ0v) is 13.5. The van der Waals surface area contributed by atoms with Gasteiger partial charge in [-0.1, -0.05) is 12.1 Å². The Bertz CT molecular complexity index is 738. The zero-order chi connectivity index (χ0) is 17.8. The first-order valence-corrected chi connectivity index (χ1v) is 7.66. The first-order chi connectivity index (χ1) is 12.1. The van der Waals surface area contributed by atoms with Crippen LogP contribution in [0.25, 0.3) is 0 Å². The lowest BCUT2D eigenvalue weighted by Crippen LogP contribution is -2.35. The summed E-state index contributed by atoms with van der Waals surface area (Å²) in [6, 6.07) is 13.3. The standard InChI is InChI=1S/C18H17NO6/c1-23-13-6-8-14(9-7-13)24-10-12(20)11-25-19-17(21)15-4-2-3-5-16(15)18(19)22/h2-9,12,20H,10-11H2,1H3/t12-/m0/s1. The third-order valence-corrected chi connectivity index (χ3v) is 3.65. The molecule has 0 bridgehead atoms. The fourth-order valence-corrected chi connectivity index (χ4v) is 2.36. The van der Waals surface area contributed by atoms with Crippen LogP contribution in [0.1, 0.15) is 20.7 Å². The van der Waals surface area contributed by atoms with Gasteiger partial charge in [0.2, 0.25) is 0 Å². The number of benzene rings is 2. The summed E-state index contributed by atoms with van der Waals surface area (Å²) in [5.74, 6) is 0.176. The van der Waals surface area contributed by atoms with Gasteiger partial charge in [0.25, 0.3) is 11.8 Å². The van der Waals surface area contributed by atoms with E-state index in [2.05, 4.69) is 0 Å². The van der Waals surface area contributed by atoms with Crippen molar-refractivity contribution in [3.63, 3.8) is 0 Å². The number of carbonyl (C=O) groups excluding carboxylic acids is 2. The molecule has 0 saturated carbocycles. The van der Waals surface area contributed by atoms with Crippen molar-refractivity contribution in [1.82, 2.24) is 5.06 Å². The SMILES string of the molecule is COc1ccc(OC[C@H](O)CON2C(=O)c3ccccc3C2=O)cc1. The Labute approximate surface area is 144 Å². The second-order valence-electron chi connectivity index (χ2n) is 5.39. The Morgan fingerprint density at radius 1 is 0.920 bits per heavy atom. The van der Waals surface area contributed by atoms with Gasteiger partial charge in [0.1, 0.15) is 30.8 Å². The lowest BCUT2D eigenvalue weighted by molar-refractivity contribution is -0.120. The summed E-state index contributed by atoms with van der Waals surface area (Å²) in [4.78, 5) is 29.4. The highest BCUT2D eigenvalue weighted by atomic mass is 16.7. The molecule has 130 valence electrons. The fraction of sp³-hybridized carbons (Fsp3) is 0.222. The predicted molar refractivity (Wildman–Crippen MR) is 87.4 cm³/mol. The van der Waals surface area contributed by atoms with E-state index in [9.17, 15) is 14.7 Å². The number of ether oxygens (including phenoxy) is 2. The number of amides is 2. The van der Waals surface area contributed by atoms with Crippen LogP contribution in [0, 0.1) is 0 Å². The normalized spacial score (nSPS) is 14.4. The summed E-state index contributed by atoms with van der Waals surface area (Å²) >= 11 is 0. The van der Waals surface area contributed by atoms with Crippen molar-refractivity contribution < 1.29 is 29.0 Å². The number of imide groups is 1. The number of nitrogens with zero attached hydrogens (tertiary/aromatic N) is 1. The van der Waals surface area contributed by atoms with E-state index >= 15 is 0 Å². The van der Waals surface area contributed by atoms with E-state index in [0.717, 1.165) is 0 Å². The van der Waals surface area contributed by atoms with Crippen LogP contribution in [0.3, 0.4) is 0 Å². The van der Waals surface area contributed by atoms with E-state index in [-0.39, 0.29) is 24.3 Å². The summed E-state index contributed by atoms with van der Waals surface area (Å²) in [5, 5.41) is 10.6. The summed E-state index contributed by atoms with van der Waals surface area (Å²) < 4.78 is 10.5. The molecule has 0 fully saturated rings. The molecule has 1 aliphatic heterocycles. The van der Waals surface area contributed by atoms with E-state index in [0.29, 0.717) is 16.6 Å². The molecule has 0 aliphatic carbocycles. The number of fused-ring (bicyclic) bond motifs is 1. The average molecular weight is 343 g/mol. The summed E-state index contributed by atoms with van der Waals surface area (Å²) in [7, 11) is 1.57. The first kappa shape index (κ1) is 16.9. The Hall–Kier alpha value is -2.90. The van der Waals surface area contributed by atoms with Crippen LogP contribution in [0.4, 0.5) is 0 Å². The predicted octanol–water partition coefficient (Wildman–Crippen LogP) is 1.66. The van der Waals surface area contributed by atoms with E-state index in [1.165, 1.54) is 0 Å². The van der Waals surface area contributed by atoms with Crippen molar-refractivity contribution in [2.45, 2.75) is 6.10 Å². The molecular formula is C18H17NO6. The Morgan fingerprint density at radius 2 is 1.48 bits per heavy atom. The second kappa shape index (κ2) is 7.33. The Balaban J connectivity index is 1.50. The van der Waals surface area contributed by atoms with Gasteiger partial charge < -0.3 is 14.6 Å². The third kappa shape index (κ3) is 3.62. The van der Waals surface area contributed by atoms with Gasteiger partial charge in [0.05, 0.1) is 18.2 Å². The quantitative estimate of drug-likeness (QED) is 0.770. The topological polar surface area (TPSA) is 85.3 Å². The Kier molecular flexibility index (Phi) is 4.97. The van der Waals surface area contributed by atoms with Crippen molar-refractivity contribution in [3.8, 4) is 11.5 Å². The molecule has 1 atom stereocenters. The smallest absolute Gasteiger partial charge is 0.285 e. The van der Waals surface area contributed by atoms with Crippen molar-refractivity contribution in [2.75, 3.05) is 20.3 Å². The molecule has 2 amide bonds. The van der Waals surface area contributed by atoms with Gasteiger partial charge in [0.15, 0.2) is 0 Å². The molecule has 0 radical (unpaired) electrons. The lowest BCUT2D eigenvalue weighted by Gasteiger charge is -2.17. The van der Waals surface area contributed by atoms with Crippen molar-refractivity contribution in [1.29, 1.82) is 0 Å². The minimum absolute atomic E-state index is 0.0461. The van der Waals surface area contributed by atoms with Crippen LogP contribution in [-0.2, 0) is 4.84 Å². The molecule has 0 unspecified atom stereocenters. The first-order valence-electron chi connectivity index (χ1n) is 7.66. The minimum Gasteiger partial charge on any atom is -0.497 e. The average Bonchev–Trinajstić information content (AvgIpc) is 2.89. The summed E-state index contributed by atoms with van der Waals surface area (Å²) in [6.07, 6.45) is -1.01. The van der Waals surface area contributed by atoms with Crippen molar-refractivity contribution >= 4 is 11.8 Å². The summed E-state index contributed by atoms with van der Waals surface area (Å²) in [5.41, 5.74) is 0.577. The molecule has 2 aromatic carbocycles. The maximum atomic E-state index is 12.1. The molecule has 7 heteroatoms. The molecule has 25 heavy (non-hydrogen) atoms. The van der Waals surface area contributed by atoms with Gasteiger partial charge in [-0.15, -0.1) is 5.06 Å². The summed E-state index contributed by atoms with van der Waals surface area (Å²) in [6.45, 7) is -0.295. The molecule has 3 rings (SSSR count). The van der Waals surface area contributed by atoms with Gasteiger partial charge in [-0.2, -0.15) is 0 Å². The number of rotatable bonds is 7. The second-order valence-corrected chi connectivity index (χ2v) is 5.39. The molecule has 7 nitrogen and oxygen atoms in total. The molecule has 1 aliphatic rings. The van der Waals surface area contributed by atoms with E-state index in [1.54, 1.807) is 55.6 Å². The van der Waals surface area contributed by atoms with Gasteiger partial charge >= 0.3 is 0 Å². The monoisotopic (exact) mass is 343 g/mol. The highest BCUT2D eigenvalue weighted by molar-refractivity contribution is 6.20. The van der Waals surface area contributed by atoms with Crippen LogP contribution in [-0.4, -0.2) is 48.4 Å². The van der Waals surface area contributed by atoms with E-state index in [4.69, 9.17) is 14.3 Å². The van der Waals surface area contributed by atoms with Gasteiger partial charge in [-0.05, 0) is 36.4 Å². The molecule has 0 spiro atoms. The van der Waals surface area contributed by atoms with Gasteiger partial charge in [-0.25, -0.2) is 0 Å². The van der Waals surface area contributed by atoms with Crippen molar-refractivity contribution in [2.24, 2.45) is 0 Å². The number of hydrogen-bond donors (Lipinski definition) is 1. The van der Waals surface area contributed by atoms with Crippen LogP contribution >= 0.6 is 0 Å². The van der Waals surface area contributed by atoms with Crippen LogP contribution < -0.4 is 9.47 Å². The Morgan fingerprint density at radius 3 is 2.04 bits per heavy atom. The zero-order valence-electron chi connectivity index (χ0n) is 13.5. The van der Waals surface area contributed by atoms with E-state index in [1.807, 2.05) is 0 Å². The number of aliphatic hydroxyl groups excluding tert-OH is 1. The minimum atomic E-state index is -1.01. The highest BCUT2D eigenvalue weighted by Crippen LogP contribution is 2.22. The molecule has 1 N–H and O–H groups in total. The lowest BCUT2D eigenvalue weighted by atomic mass is 10.1. The fourth-order valence-electron chi connectivity index (χ4n) is 2.36. The van der Waals surface area contributed by atoms with Crippen LogP contribution in [0.2, 0.25) is 0 Å². The van der Waals surface area contributed by atoms with Gasteiger partial charge in [-0.3, -0.25) is 14.4 Å². The third-order valence-electron chi connectivity index (χ3n) is 3.65. The highest BCUT2D eigenvalue weighted by Gasteiger charge is 2.36. The van der Waals surface area contributed by atoms with Crippen molar-refractivity contribution in [3.05, 3.63) is 59.7 Å².